The van der Waals surface area contributed by atoms with Crippen LogP contribution >= 0.6 is 0 Å². The molecular formula is C13H21N3O2. The Balaban J connectivity index is 3.13. The molecular weight excluding hydrogens is 230 g/mol. The van der Waals surface area contributed by atoms with Gasteiger partial charge in [0.2, 0.25) is 5.95 Å². The lowest BCUT2D eigenvalue weighted by Gasteiger charge is -2.35. The molecule has 0 saturated carbocycles. The molecule has 0 saturated heterocycles. The maximum absolute atomic E-state index is 11.0. The third-order valence-corrected chi connectivity index (χ3v) is 3.21. The quantitative estimate of drug-likeness (QED) is 0.893. The van der Waals surface area contributed by atoms with E-state index in [0.717, 1.165) is 0 Å². The highest BCUT2D eigenvalue weighted by atomic mass is 16.4. The zero-order valence-electron chi connectivity index (χ0n) is 11.9. The van der Waals surface area contributed by atoms with E-state index in [0.29, 0.717) is 11.6 Å². The number of rotatable bonds is 3. The molecule has 0 amide bonds. The van der Waals surface area contributed by atoms with E-state index < -0.39 is 5.97 Å². The number of aromatic nitrogens is 2. The van der Waals surface area contributed by atoms with Gasteiger partial charge in [0.25, 0.3) is 0 Å². The van der Waals surface area contributed by atoms with Crippen LogP contribution in [0, 0.1) is 12.3 Å². The van der Waals surface area contributed by atoms with Crippen LogP contribution in [0.2, 0.25) is 0 Å². The first kappa shape index (κ1) is 14.4. The van der Waals surface area contributed by atoms with E-state index in [1.54, 1.807) is 6.92 Å². The average molecular weight is 251 g/mol. The van der Waals surface area contributed by atoms with Crippen LogP contribution in [0.4, 0.5) is 5.95 Å². The van der Waals surface area contributed by atoms with Crippen LogP contribution in [0.3, 0.4) is 0 Å². The lowest BCUT2D eigenvalue weighted by atomic mass is 9.87. The summed E-state index contributed by atoms with van der Waals surface area (Å²) >= 11 is 0. The Bertz CT molecular complexity index is 452. The van der Waals surface area contributed by atoms with E-state index in [9.17, 15) is 4.79 Å². The molecule has 1 rings (SSSR count). The summed E-state index contributed by atoms with van der Waals surface area (Å²) in [5.74, 6) is -0.576. The molecule has 100 valence electrons. The van der Waals surface area contributed by atoms with Crippen LogP contribution < -0.4 is 4.90 Å². The number of aryl methyl sites for hydroxylation is 1. The van der Waals surface area contributed by atoms with Crippen LogP contribution in [-0.4, -0.2) is 34.1 Å². The Labute approximate surface area is 108 Å². The fourth-order valence-electron chi connectivity index (χ4n) is 1.57. The predicted octanol–water partition coefficient (Wildman–Crippen LogP) is 2.35. The number of anilines is 1. The molecule has 1 heterocycles. The van der Waals surface area contributed by atoms with Gasteiger partial charge >= 0.3 is 5.97 Å². The molecule has 0 aliphatic carbocycles. The highest BCUT2D eigenvalue weighted by Crippen LogP contribution is 2.25. The Morgan fingerprint density at radius 2 is 1.94 bits per heavy atom. The van der Waals surface area contributed by atoms with Crippen molar-refractivity contribution in [2.24, 2.45) is 5.41 Å². The van der Waals surface area contributed by atoms with Gasteiger partial charge in [-0.15, -0.1) is 0 Å². The summed E-state index contributed by atoms with van der Waals surface area (Å²) in [6.45, 7) is 10.2. The SMILES string of the molecule is Cc1cc(C(=O)O)nc(N(C)C(C)C(C)(C)C)n1. The molecule has 1 unspecified atom stereocenters. The van der Waals surface area contributed by atoms with Crippen LogP contribution in [-0.2, 0) is 0 Å². The third-order valence-electron chi connectivity index (χ3n) is 3.21. The van der Waals surface area contributed by atoms with E-state index in [4.69, 9.17) is 5.11 Å². The van der Waals surface area contributed by atoms with Gasteiger partial charge in [0.05, 0.1) is 0 Å². The number of aromatic carboxylic acids is 1. The molecule has 1 aromatic heterocycles. The van der Waals surface area contributed by atoms with Crippen molar-refractivity contribution >= 4 is 11.9 Å². The molecule has 5 heteroatoms. The molecule has 0 bridgehead atoms. The third kappa shape index (κ3) is 3.18. The van der Waals surface area contributed by atoms with Gasteiger partial charge in [0.1, 0.15) is 0 Å². The molecule has 0 spiro atoms. The monoisotopic (exact) mass is 251 g/mol. The van der Waals surface area contributed by atoms with Crippen LogP contribution in [0.25, 0.3) is 0 Å². The van der Waals surface area contributed by atoms with Crippen molar-refractivity contribution in [1.29, 1.82) is 0 Å². The van der Waals surface area contributed by atoms with E-state index >= 15 is 0 Å². The zero-order chi connectivity index (χ0) is 14.1. The molecule has 18 heavy (non-hydrogen) atoms. The topological polar surface area (TPSA) is 66.3 Å². The molecule has 5 nitrogen and oxygen atoms in total. The van der Waals surface area contributed by atoms with E-state index in [-0.39, 0.29) is 17.2 Å². The minimum absolute atomic E-state index is 0.0328. The van der Waals surface area contributed by atoms with E-state index in [2.05, 4.69) is 37.7 Å². The first-order chi connectivity index (χ1) is 8.12. The lowest BCUT2D eigenvalue weighted by Crippen LogP contribution is -2.40. The first-order valence-corrected chi connectivity index (χ1v) is 5.94. The van der Waals surface area contributed by atoms with E-state index in [1.165, 1.54) is 6.07 Å². The average Bonchev–Trinajstić information content (AvgIpc) is 2.24. The summed E-state index contributed by atoms with van der Waals surface area (Å²) in [5, 5.41) is 9.01. The second-order valence-corrected chi connectivity index (χ2v) is 5.65. The maximum Gasteiger partial charge on any atom is 0.354 e. The van der Waals surface area contributed by atoms with Gasteiger partial charge < -0.3 is 10.0 Å². The number of hydrogen-bond acceptors (Lipinski definition) is 4. The fourth-order valence-corrected chi connectivity index (χ4v) is 1.57. The second-order valence-electron chi connectivity index (χ2n) is 5.65. The van der Waals surface area contributed by atoms with Gasteiger partial charge in [-0.3, -0.25) is 0 Å². The van der Waals surface area contributed by atoms with Gasteiger partial charge in [-0.1, -0.05) is 20.8 Å². The smallest absolute Gasteiger partial charge is 0.354 e. The molecule has 0 fully saturated rings. The van der Waals surface area contributed by atoms with Gasteiger partial charge in [-0.05, 0) is 25.3 Å². The molecule has 1 aromatic rings. The van der Waals surface area contributed by atoms with Crippen LogP contribution in [0.15, 0.2) is 6.07 Å². The van der Waals surface area contributed by atoms with Crippen molar-refractivity contribution in [1.82, 2.24) is 9.97 Å². The maximum atomic E-state index is 11.0. The Morgan fingerprint density at radius 1 is 1.39 bits per heavy atom. The highest BCUT2D eigenvalue weighted by molar-refractivity contribution is 5.85. The van der Waals surface area contributed by atoms with Gasteiger partial charge in [0.15, 0.2) is 5.69 Å². The van der Waals surface area contributed by atoms with Crippen molar-refractivity contribution in [3.8, 4) is 0 Å². The Hall–Kier alpha value is -1.65. The minimum Gasteiger partial charge on any atom is -0.477 e. The molecule has 0 aliphatic heterocycles. The zero-order valence-corrected chi connectivity index (χ0v) is 11.9. The second kappa shape index (κ2) is 4.92. The molecule has 0 aromatic carbocycles. The van der Waals surface area contributed by atoms with Crippen LogP contribution in [0.1, 0.15) is 43.9 Å². The largest absolute Gasteiger partial charge is 0.477 e. The van der Waals surface area contributed by atoms with Crippen molar-refractivity contribution in [2.45, 2.75) is 40.7 Å². The standard InChI is InChI=1S/C13H21N3O2/c1-8-7-10(11(17)18)15-12(14-8)16(6)9(2)13(3,4)5/h7,9H,1-6H3,(H,17,18). The summed E-state index contributed by atoms with van der Waals surface area (Å²) in [6, 6.07) is 1.67. The number of nitrogens with zero attached hydrogens (tertiary/aromatic N) is 3. The van der Waals surface area contributed by atoms with Crippen LogP contribution in [0.5, 0.6) is 0 Å². The Morgan fingerprint density at radius 3 is 2.39 bits per heavy atom. The summed E-state index contributed by atoms with van der Waals surface area (Å²) in [4.78, 5) is 21.3. The summed E-state index contributed by atoms with van der Waals surface area (Å²) in [5.41, 5.74) is 0.751. The number of carboxylic acids is 1. The predicted molar refractivity (Wildman–Crippen MR) is 71.0 cm³/mol. The molecule has 0 radical (unpaired) electrons. The number of hydrogen-bond donors (Lipinski definition) is 1. The summed E-state index contributed by atoms with van der Waals surface area (Å²) < 4.78 is 0. The summed E-state index contributed by atoms with van der Waals surface area (Å²) in [7, 11) is 1.89. The summed E-state index contributed by atoms with van der Waals surface area (Å²) in [6.07, 6.45) is 0. The fraction of sp³-hybridized carbons (Fsp3) is 0.615. The molecule has 1 N–H and O–H groups in total. The Kier molecular flexibility index (Phi) is 3.94. The van der Waals surface area contributed by atoms with Gasteiger partial charge in [0, 0.05) is 18.8 Å². The number of carbonyl (C=O) groups is 1. The number of carboxylic acid groups (broad SMARTS) is 1. The van der Waals surface area contributed by atoms with Crippen molar-refractivity contribution < 1.29 is 9.90 Å². The van der Waals surface area contributed by atoms with E-state index in [1.807, 2.05) is 11.9 Å². The van der Waals surface area contributed by atoms with Gasteiger partial charge in [-0.2, -0.15) is 0 Å². The van der Waals surface area contributed by atoms with Gasteiger partial charge in [-0.25, -0.2) is 14.8 Å². The first-order valence-electron chi connectivity index (χ1n) is 5.94. The highest BCUT2D eigenvalue weighted by Gasteiger charge is 2.26. The lowest BCUT2D eigenvalue weighted by molar-refractivity contribution is 0.0690. The normalized spacial score (nSPS) is 13.2. The molecule has 0 aliphatic rings. The minimum atomic E-state index is -1.03. The van der Waals surface area contributed by atoms with Crippen molar-refractivity contribution in [2.75, 3.05) is 11.9 Å². The van der Waals surface area contributed by atoms with Crippen molar-refractivity contribution in [3.05, 3.63) is 17.5 Å². The molecule has 1 atom stereocenters. The van der Waals surface area contributed by atoms with Crippen molar-refractivity contribution in [3.63, 3.8) is 0 Å².